The Labute approximate surface area is 134 Å². The normalized spacial score (nSPS) is 9.77. The predicted octanol–water partition coefficient (Wildman–Crippen LogP) is 6.75. The fraction of sp³-hybridized carbons (Fsp3) is 0.182. The van der Waals surface area contributed by atoms with Gasteiger partial charge in [-0.05, 0) is 35.2 Å². The Balaban J connectivity index is 0.000000545. The molecule has 0 unspecified atom stereocenters. The molecule has 3 aromatic rings. The summed E-state index contributed by atoms with van der Waals surface area (Å²) in [6.45, 7) is 6.38. The van der Waals surface area contributed by atoms with Crippen molar-refractivity contribution < 1.29 is 0 Å². The van der Waals surface area contributed by atoms with Crippen molar-refractivity contribution in [1.82, 2.24) is 0 Å². The van der Waals surface area contributed by atoms with Crippen LogP contribution in [0.25, 0.3) is 22.3 Å². The third-order valence-corrected chi connectivity index (χ3v) is 3.32. The van der Waals surface area contributed by atoms with Gasteiger partial charge < -0.3 is 0 Å². The minimum Gasteiger partial charge on any atom is -0.0656 e. The first-order chi connectivity index (χ1) is 10.7. The molecule has 0 saturated heterocycles. The summed E-state index contributed by atoms with van der Waals surface area (Å²) in [6, 6.07) is 27.8. The summed E-state index contributed by atoms with van der Waals surface area (Å²) in [6.07, 6.45) is 1.25. The summed E-state index contributed by atoms with van der Waals surface area (Å²) >= 11 is 0. The van der Waals surface area contributed by atoms with Crippen molar-refractivity contribution in [2.45, 2.75) is 27.2 Å². The number of hydrogen-bond donors (Lipinski definition) is 0. The molecule has 3 aromatic carbocycles. The van der Waals surface area contributed by atoms with Crippen molar-refractivity contribution in [2.24, 2.45) is 0 Å². The molecule has 0 atom stereocenters. The third-order valence-electron chi connectivity index (χ3n) is 3.32. The van der Waals surface area contributed by atoms with E-state index in [2.05, 4.69) is 93.6 Å². The van der Waals surface area contributed by atoms with E-state index in [1.54, 1.807) is 0 Å². The Morgan fingerprint density at radius 1 is 0.545 bits per heavy atom. The van der Waals surface area contributed by atoms with E-state index in [-0.39, 0.29) is 0 Å². The van der Waals surface area contributed by atoms with Gasteiger partial charge in [0.25, 0.3) is 0 Å². The van der Waals surface area contributed by atoms with E-state index in [4.69, 9.17) is 0 Å². The van der Waals surface area contributed by atoms with Crippen LogP contribution in [0.3, 0.4) is 0 Å². The van der Waals surface area contributed by atoms with Gasteiger partial charge in [0, 0.05) is 0 Å². The number of rotatable bonds is 2. The molecule has 0 aliphatic carbocycles. The second-order valence-electron chi connectivity index (χ2n) is 5.52. The highest BCUT2D eigenvalue weighted by Gasteiger charge is 2.01. The maximum atomic E-state index is 2.25. The van der Waals surface area contributed by atoms with E-state index in [9.17, 15) is 0 Å². The number of benzene rings is 3. The molecule has 0 fully saturated rings. The molecule has 0 N–H and O–H groups in total. The van der Waals surface area contributed by atoms with Crippen molar-refractivity contribution in [3.8, 4) is 22.3 Å². The van der Waals surface area contributed by atoms with Crippen LogP contribution in [-0.2, 0) is 0 Å². The number of aryl methyl sites for hydroxylation is 1. The maximum Gasteiger partial charge on any atom is -0.0178 e. The van der Waals surface area contributed by atoms with Crippen molar-refractivity contribution >= 4 is 0 Å². The lowest BCUT2D eigenvalue weighted by Gasteiger charge is -2.06. The van der Waals surface area contributed by atoms with Gasteiger partial charge in [-0.2, -0.15) is 0 Å². The summed E-state index contributed by atoms with van der Waals surface area (Å²) in [5, 5.41) is 0. The molecular weight excluding hydrogens is 264 g/mol. The lowest BCUT2D eigenvalue weighted by atomic mass is 9.98. The molecule has 0 spiro atoms. The van der Waals surface area contributed by atoms with Crippen LogP contribution in [0, 0.1) is 6.92 Å². The van der Waals surface area contributed by atoms with E-state index in [1.807, 2.05) is 6.07 Å². The topological polar surface area (TPSA) is 0 Å². The van der Waals surface area contributed by atoms with Gasteiger partial charge in [0.2, 0.25) is 0 Å². The van der Waals surface area contributed by atoms with Gasteiger partial charge >= 0.3 is 0 Å². The van der Waals surface area contributed by atoms with Crippen molar-refractivity contribution in [2.75, 3.05) is 0 Å². The van der Waals surface area contributed by atoms with Gasteiger partial charge in [-0.3, -0.25) is 0 Å². The van der Waals surface area contributed by atoms with Gasteiger partial charge in [0.1, 0.15) is 0 Å². The fourth-order valence-corrected chi connectivity index (χ4v) is 2.33. The highest BCUT2D eigenvalue weighted by atomic mass is 14.1. The molecule has 0 radical (unpaired) electrons. The van der Waals surface area contributed by atoms with Crippen molar-refractivity contribution in [3.63, 3.8) is 0 Å². The van der Waals surface area contributed by atoms with Crippen LogP contribution in [0.4, 0.5) is 0 Å². The largest absolute Gasteiger partial charge is 0.0656 e. The molecule has 0 amide bonds. The first kappa shape index (κ1) is 16.0. The van der Waals surface area contributed by atoms with E-state index in [0.717, 1.165) is 0 Å². The molecule has 3 rings (SSSR count). The Morgan fingerprint density at radius 2 is 1.00 bits per heavy atom. The second-order valence-corrected chi connectivity index (χ2v) is 5.52. The Bertz CT molecular complexity index is 696. The van der Waals surface area contributed by atoms with E-state index >= 15 is 0 Å². The molecule has 0 nitrogen and oxygen atoms in total. The molecule has 0 heteroatoms. The van der Waals surface area contributed by atoms with Crippen LogP contribution in [0.15, 0.2) is 78.9 Å². The molecule has 0 saturated carbocycles. The van der Waals surface area contributed by atoms with Crippen LogP contribution < -0.4 is 0 Å². The smallest absolute Gasteiger partial charge is 0.0178 e. The standard InChI is InChI=1S/C19H16.C3H8/c1-15-7-5-10-17(13-15)19-12-6-11-18(14-19)16-8-3-2-4-9-16;1-3-2/h2-14H,1H3;3H2,1-2H3. The SMILES string of the molecule is CCC.Cc1cccc(-c2cccc(-c3ccccc3)c2)c1. The Hall–Kier alpha value is -2.34. The molecule has 0 heterocycles. The average molecular weight is 288 g/mol. The zero-order valence-electron chi connectivity index (χ0n) is 13.7. The summed E-state index contributed by atoms with van der Waals surface area (Å²) < 4.78 is 0. The number of hydrogen-bond acceptors (Lipinski definition) is 0. The first-order valence-corrected chi connectivity index (χ1v) is 7.97. The minimum absolute atomic E-state index is 1.25. The molecule has 0 aliphatic heterocycles. The monoisotopic (exact) mass is 288 g/mol. The van der Waals surface area contributed by atoms with E-state index < -0.39 is 0 Å². The third kappa shape index (κ3) is 4.33. The van der Waals surface area contributed by atoms with Crippen LogP contribution >= 0.6 is 0 Å². The van der Waals surface area contributed by atoms with Gasteiger partial charge in [0.15, 0.2) is 0 Å². The molecule has 0 aromatic heterocycles. The highest BCUT2D eigenvalue weighted by molar-refractivity contribution is 5.73. The van der Waals surface area contributed by atoms with Crippen LogP contribution in [0.5, 0.6) is 0 Å². The molecule has 0 aliphatic rings. The highest BCUT2D eigenvalue weighted by Crippen LogP contribution is 2.26. The van der Waals surface area contributed by atoms with Crippen LogP contribution in [0.2, 0.25) is 0 Å². The molecule has 0 bridgehead atoms. The summed E-state index contributed by atoms with van der Waals surface area (Å²) in [4.78, 5) is 0. The summed E-state index contributed by atoms with van der Waals surface area (Å²) in [5.74, 6) is 0. The zero-order chi connectivity index (χ0) is 15.8. The fourth-order valence-electron chi connectivity index (χ4n) is 2.33. The van der Waals surface area contributed by atoms with Gasteiger partial charge in [0.05, 0.1) is 0 Å². The molecular formula is C22H24. The summed E-state index contributed by atoms with van der Waals surface area (Å²) in [7, 11) is 0. The quantitative estimate of drug-likeness (QED) is 0.489. The second kappa shape index (κ2) is 8.19. The lowest BCUT2D eigenvalue weighted by molar-refractivity contribution is 1.09. The van der Waals surface area contributed by atoms with E-state index in [1.165, 1.54) is 34.2 Å². The average Bonchev–Trinajstić information content (AvgIpc) is 2.57. The van der Waals surface area contributed by atoms with Gasteiger partial charge in [-0.15, -0.1) is 0 Å². The predicted molar refractivity (Wildman–Crippen MR) is 98.0 cm³/mol. The van der Waals surface area contributed by atoms with Crippen LogP contribution in [-0.4, -0.2) is 0 Å². The Kier molecular flexibility index (Phi) is 5.97. The molecule has 22 heavy (non-hydrogen) atoms. The van der Waals surface area contributed by atoms with Crippen LogP contribution in [0.1, 0.15) is 25.8 Å². The lowest BCUT2D eigenvalue weighted by Crippen LogP contribution is -1.82. The van der Waals surface area contributed by atoms with Crippen molar-refractivity contribution in [3.05, 3.63) is 84.4 Å². The van der Waals surface area contributed by atoms with Gasteiger partial charge in [-0.25, -0.2) is 0 Å². The minimum atomic E-state index is 1.25. The summed E-state index contributed by atoms with van der Waals surface area (Å²) in [5.41, 5.74) is 6.36. The molecule has 112 valence electrons. The van der Waals surface area contributed by atoms with Gasteiger partial charge in [-0.1, -0.05) is 98.6 Å². The van der Waals surface area contributed by atoms with Crippen molar-refractivity contribution in [1.29, 1.82) is 0 Å². The Morgan fingerprint density at radius 3 is 1.59 bits per heavy atom. The first-order valence-electron chi connectivity index (χ1n) is 7.97. The zero-order valence-corrected chi connectivity index (χ0v) is 13.7. The van der Waals surface area contributed by atoms with E-state index in [0.29, 0.717) is 0 Å². The maximum absolute atomic E-state index is 2.25.